The van der Waals surface area contributed by atoms with E-state index in [-0.39, 0.29) is 18.1 Å². The van der Waals surface area contributed by atoms with Crippen molar-refractivity contribution in [2.24, 2.45) is 0 Å². The van der Waals surface area contributed by atoms with E-state index in [9.17, 15) is 4.79 Å². The molecule has 0 aromatic carbocycles. The molecule has 0 saturated carbocycles. The number of morpholine rings is 1. The molecule has 0 spiro atoms. The van der Waals surface area contributed by atoms with Crippen LogP contribution in [0.15, 0.2) is 12.3 Å². The van der Waals surface area contributed by atoms with E-state index in [4.69, 9.17) is 4.74 Å². The molecule has 1 aliphatic heterocycles. The Morgan fingerprint density at radius 3 is 2.80 bits per heavy atom. The maximum atomic E-state index is 11.9. The summed E-state index contributed by atoms with van der Waals surface area (Å²) in [4.78, 5) is 22.3. The Hall–Kier alpha value is -1.53. The quantitative estimate of drug-likeness (QED) is 0.874. The van der Waals surface area contributed by atoms with E-state index in [2.05, 4.69) is 34.0 Å². The number of rotatable bonds is 4. The number of nitrogens with zero attached hydrogens (tertiary/aromatic N) is 3. The third-order valence-electron chi connectivity index (χ3n) is 3.22. The number of carbonyl (C=O) groups excluding carboxylic acids is 1. The van der Waals surface area contributed by atoms with Gasteiger partial charge in [-0.1, -0.05) is 0 Å². The van der Waals surface area contributed by atoms with Gasteiger partial charge in [0, 0.05) is 32.4 Å². The van der Waals surface area contributed by atoms with Gasteiger partial charge >= 0.3 is 0 Å². The first-order valence-electron chi connectivity index (χ1n) is 7.00. The molecule has 20 heavy (non-hydrogen) atoms. The van der Waals surface area contributed by atoms with Crippen molar-refractivity contribution in [3.63, 3.8) is 0 Å². The Morgan fingerprint density at radius 2 is 2.15 bits per heavy atom. The Balaban J connectivity index is 1.77. The van der Waals surface area contributed by atoms with Crippen LogP contribution < -0.4 is 5.32 Å². The first kappa shape index (κ1) is 14.9. The molecule has 0 bridgehead atoms. The van der Waals surface area contributed by atoms with Crippen molar-refractivity contribution in [2.45, 2.75) is 33.0 Å². The summed E-state index contributed by atoms with van der Waals surface area (Å²) < 4.78 is 5.68. The summed E-state index contributed by atoms with van der Waals surface area (Å²) in [6.07, 6.45) is 2.10. The molecule has 1 saturated heterocycles. The fourth-order valence-electron chi connectivity index (χ4n) is 2.47. The van der Waals surface area contributed by atoms with Gasteiger partial charge in [-0.05, 0) is 26.8 Å². The van der Waals surface area contributed by atoms with Gasteiger partial charge in [0.15, 0.2) is 0 Å². The van der Waals surface area contributed by atoms with Crippen LogP contribution in [0.1, 0.15) is 30.2 Å². The average molecular weight is 278 g/mol. The molecule has 110 valence electrons. The lowest BCUT2D eigenvalue weighted by atomic mass is 10.2. The minimum Gasteiger partial charge on any atom is -0.373 e. The number of aromatic nitrogens is 2. The highest BCUT2D eigenvalue weighted by molar-refractivity contribution is 5.92. The number of ether oxygens (including phenoxy) is 1. The molecule has 2 rings (SSSR count). The summed E-state index contributed by atoms with van der Waals surface area (Å²) in [5.74, 6) is 0.457. The first-order chi connectivity index (χ1) is 9.54. The molecule has 0 unspecified atom stereocenters. The third-order valence-corrected chi connectivity index (χ3v) is 3.22. The molecule has 1 aromatic heterocycles. The molecule has 2 atom stereocenters. The second kappa shape index (κ2) is 6.76. The van der Waals surface area contributed by atoms with Crippen LogP contribution in [0.3, 0.4) is 0 Å². The number of hydrogen-bond donors (Lipinski definition) is 1. The van der Waals surface area contributed by atoms with E-state index in [1.165, 1.54) is 0 Å². The van der Waals surface area contributed by atoms with Crippen LogP contribution in [0.25, 0.3) is 0 Å². The van der Waals surface area contributed by atoms with Crippen molar-refractivity contribution in [3.8, 4) is 0 Å². The van der Waals surface area contributed by atoms with Gasteiger partial charge in [0.25, 0.3) is 5.91 Å². The number of nitrogens with one attached hydrogen (secondary N) is 1. The van der Waals surface area contributed by atoms with Crippen molar-refractivity contribution < 1.29 is 9.53 Å². The van der Waals surface area contributed by atoms with Gasteiger partial charge in [-0.2, -0.15) is 0 Å². The van der Waals surface area contributed by atoms with Crippen molar-refractivity contribution >= 4 is 5.91 Å². The van der Waals surface area contributed by atoms with E-state index in [0.29, 0.717) is 18.1 Å². The average Bonchev–Trinajstić information content (AvgIpc) is 2.37. The molecule has 1 aliphatic rings. The van der Waals surface area contributed by atoms with Crippen molar-refractivity contribution in [1.29, 1.82) is 0 Å². The summed E-state index contributed by atoms with van der Waals surface area (Å²) >= 11 is 0. The van der Waals surface area contributed by atoms with E-state index in [1.54, 1.807) is 19.2 Å². The summed E-state index contributed by atoms with van der Waals surface area (Å²) in [5.41, 5.74) is 0.418. The van der Waals surface area contributed by atoms with Gasteiger partial charge in [0.2, 0.25) is 0 Å². The van der Waals surface area contributed by atoms with Gasteiger partial charge in [-0.15, -0.1) is 0 Å². The van der Waals surface area contributed by atoms with Crippen LogP contribution in [0, 0.1) is 6.92 Å². The molecule has 2 heterocycles. The predicted octanol–water partition coefficient (Wildman–Crippen LogP) is 0.624. The van der Waals surface area contributed by atoms with Gasteiger partial charge in [-0.3, -0.25) is 9.69 Å². The minimum absolute atomic E-state index is 0.148. The summed E-state index contributed by atoms with van der Waals surface area (Å²) in [6.45, 7) is 9.18. The fourth-order valence-corrected chi connectivity index (χ4v) is 2.47. The number of hydrogen-bond acceptors (Lipinski definition) is 5. The Morgan fingerprint density at radius 1 is 1.45 bits per heavy atom. The maximum absolute atomic E-state index is 11.9. The second-order valence-electron chi connectivity index (χ2n) is 5.26. The standard InChI is InChI=1S/C14H22N4O2/c1-10-8-18(9-11(2)20-10)7-6-16-14(19)13-4-5-15-12(3)17-13/h4-5,10-11H,6-9H2,1-3H3,(H,16,19)/t10-,11-/m0/s1. The lowest BCUT2D eigenvalue weighted by molar-refractivity contribution is -0.0672. The van der Waals surface area contributed by atoms with Gasteiger partial charge in [0.1, 0.15) is 11.5 Å². The van der Waals surface area contributed by atoms with Crippen molar-refractivity contribution in [2.75, 3.05) is 26.2 Å². The second-order valence-corrected chi connectivity index (χ2v) is 5.26. The highest BCUT2D eigenvalue weighted by Crippen LogP contribution is 2.09. The lowest BCUT2D eigenvalue weighted by Gasteiger charge is -2.35. The zero-order valence-corrected chi connectivity index (χ0v) is 12.3. The van der Waals surface area contributed by atoms with E-state index < -0.39 is 0 Å². The zero-order valence-electron chi connectivity index (χ0n) is 12.3. The Labute approximate surface area is 119 Å². The lowest BCUT2D eigenvalue weighted by Crippen LogP contribution is -2.47. The molecule has 0 radical (unpaired) electrons. The van der Waals surface area contributed by atoms with Crippen LogP contribution >= 0.6 is 0 Å². The third kappa shape index (κ3) is 4.25. The summed E-state index contributed by atoms with van der Waals surface area (Å²) in [6, 6.07) is 1.63. The van der Waals surface area contributed by atoms with Crippen LogP contribution in [0.5, 0.6) is 0 Å². The normalized spacial score (nSPS) is 23.6. The Kier molecular flexibility index (Phi) is 5.03. The van der Waals surface area contributed by atoms with Crippen LogP contribution in [0.4, 0.5) is 0 Å². The molecule has 6 heteroatoms. The molecule has 1 N–H and O–H groups in total. The minimum atomic E-state index is -0.148. The van der Waals surface area contributed by atoms with E-state index in [0.717, 1.165) is 19.6 Å². The Bertz CT molecular complexity index is 456. The van der Waals surface area contributed by atoms with E-state index in [1.807, 2.05) is 0 Å². The number of carbonyl (C=O) groups is 1. The fraction of sp³-hybridized carbons (Fsp3) is 0.643. The van der Waals surface area contributed by atoms with E-state index >= 15 is 0 Å². The highest BCUT2D eigenvalue weighted by Gasteiger charge is 2.21. The zero-order chi connectivity index (χ0) is 14.5. The monoisotopic (exact) mass is 278 g/mol. The van der Waals surface area contributed by atoms with Crippen LogP contribution in [-0.2, 0) is 4.74 Å². The molecular weight excluding hydrogens is 256 g/mol. The van der Waals surface area contributed by atoms with Gasteiger partial charge in [0.05, 0.1) is 12.2 Å². The number of aryl methyl sites for hydroxylation is 1. The highest BCUT2D eigenvalue weighted by atomic mass is 16.5. The molecule has 1 amide bonds. The largest absolute Gasteiger partial charge is 0.373 e. The van der Waals surface area contributed by atoms with Crippen molar-refractivity contribution in [1.82, 2.24) is 20.2 Å². The van der Waals surface area contributed by atoms with Crippen LogP contribution in [0.2, 0.25) is 0 Å². The summed E-state index contributed by atoms with van der Waals surface area (Å²) in [7, 11) is 0. The molecular formula is C14H22N4O2. The predicted molar refractivity (Wildman–Crippen MR) is 75.6 cm³/mol. The van der Waals surface area contributed by atoms with Gasteiger partial charge in [-0.25, -0.2) is 9.97 Å². The molecule has 6 nitrogen and oxygen atoms in total. The number of amides is 1. The molecule has 0 aliphatic carbocycles. The first-order valence-corrected chi connectivity index (χ1v) is 7.00. The molecule has 1 fully saturated rings. The molecule has 1 aromatic rings. The smallest absolute Gasteiger partial charge is 0.270 e. The topological polar surface area (TPSA) is 67.4 Å². The summed E-state index contributed by atoms with van der Waals surface area (Å²) in [5, 5.41) is 2.89. The van der Waals surface area contributed by atoms with Crippen LogP contribution in [-0.4, -0.2) is 59.2 Å². The SMILES string of the molecule is Cc1nccc(C(=O)NCCN2C[C@H](C)O[C@@H](C)C2)n1. The maximum Gasteiger partial charge on any atom is 0.270 e. The van der Waals surface area contributed by atoms with Gasteiger partial charge < -0.3 is 10.1 Å². The van der Waals surface area contributed by atoms with Crippen molar-refractivity contribution in [3.05, 3.63) is 23.8 Å².